The number of carbonyl (C=O) groups is 2. The summed E-state index contributed by atoms with van der Waals surface area (Å²) in [6, 6.07) is 23.3. The molecule has 0 saturated carbocycles. The highest BCUT2D eigenvalue weighted by atomic mass is 16.5. The van der Waals surface area contributed by atoms with Crippen LogP contribution in [0.15, 0.2) is 72.8 Å². The van der Waals surface area contributed by atoms with Crippen LogP contribution in [-0.4, -0.2) is 59.5 Å². The van der Waals surface area contributed by atoms with Crippen molar-refractivity contribution in [3.8, 4) is 17.5 Å². The molecule has 202 valence electrons. The van der Waals surface area contributed by atoms with E-state index in [0.717, 1.165) is 10.9 Å². The quantitative estimate of drug-likeness (QED) is 0.373. The highest BCUT2D eigenvalue weighted by molar-refractivity contribution is 6.01. The minimum absolute atomic E-state index is 0.00206. The van der Waals surface area contributed by atoms with Gasteiger partial charge < -0.3 is 19.7 Å². The minimum Gasteiger partial charge on any atom is -0.489 e. The molecule has 0 bridgehead atoms. The van der Waals surface area contributed by atoms with Crippen molar-refractivity contribution in [2.45, 2.75) is 31.6 Å². The van der Waals surface area contributed by atoms with Gasteiger partial charge in [0.15, 0.2) is 0 Å². The van der Waals surface area contributed by atoms with Crippen LogP contribution >= 0.6 is 0 Å². The number of amides is 2. The van der Waals surface area contributed by atoms with Gasteiger partial charge in [0.2, 0.25) is 5.91 Å². The first-order chi connectivity index (χ1) is 19.5. The number of aromatic nitrogens is 2. The Morgan fingerprint density at radius 3 is 2.55 bits per heavy atom. The van der Waals surface area contributed by atoms with E-state index in [2.05, 4.69) is 16.7 Å². The third-order valence-electron chi connectivity index (χ3n) is 7.18. The van der Waals surface area contributed by atoms with Gasteiger partial charge in [-0.1, -0.05) is 42.5 Å². The van der Waals surface area contributed by atoms with E-state index in [1.54, 1.807) is 28.6 Å². The summed E-state index contributed by atoms with van der Waals surface area (Å²) in [6.07, 6.45) is 0. The maximum Gasteiger partial charge on any atom is 0.253 e. The van der Waals surface area contributed by atoms with Crippen molar-refractivity contribution in [2.24, 2.45) is 0 Å². The van der Waals surface area contributed by atoms with Gasteiger partial charge >= 0.3 is 0 Å². The molecule has 6 rings (SSSR count). The van der Waals surface area contributed by atoms with Gasteiger partial charge in [0, 0.05) is 5.39 Å². The van der Waals surface area contributed by atoms with E-state index in [9.17, 15) is 14.9 Å². The summed E-state index contributed by atoms with van der Waals surface area (Å²) < 4.78 is 12.9. The first-order valence-corrected chi connectivity index (χ1v) is 13.2. The molecular weight excluding hydrogens is 508 g/mol. The Bertz CT molecular complexity index is 1620. The van der Waals surface area contributed by atoms with Crippen molar-refractivity contribution in [1.82, 2.24) is 20.4 Å². The molecule has 0 radical (unpaired) electrons. The second kappa shape index (κ2) is 10.8. The van der Waals surface area contributed by atoms with E-state index in [-0.39, 0.29) is 31.0 Å². The van der Waals surface area contributed by atoms with E-state index in [4.69, 9.17) is 14.6 Å². The second-order valence-electron chi connectivity index (χ2n) is 9.89. The predicted molar refractivity (Wildman–Crippen MR) is 148 cm³/mol. The molecule has 4 aromatic rings. The fourth-order valence-corrected chi connectivity index (χ4v) is 5.01. The number of fused-ring (bicyclic) bond motifs is 2. The lowest BCUT2D eigenvalue weighted by molar-refractivity contribution is -0.129. The summed E-state index contributed by atoms with van der Waals surface area (Å²) in [4.78, 5) is 28.6. The third-order valence-corrected chi connectivity index (χ3v) is 7.18. The summed E-state index contributed by atoms with van der Waals surface area (Å²) in [5.74, 6) is -0.0416. The van der Waals surface area contributed by atoms with E-state index in [1.807, 2.05) is 60.7 Å². The van der Waals surface area contributed by atoms with E-state index < -0.39 is 12.1 Å². The number of nitriles is 1. The van der Waals surface area contributed by atoms with Crippen LogP contribution in [0.4, 0.5) is 5.69 Å². The Hall–Kier alpha value is -4.72. The number of benzene rings is 3. The van der Waals surface area contributed by atoms with Crippen molar-refractivity contribution in [1.29, 1.82) is 5.26 Å². The molecule has 10 nitrogen and oxygen atoms in total. The molecule has 3 aromatic carbocycles. The van der Waals surface area contributed by atoms with Crippen molar-refractivity contribution in [2.75, 3.05) is 24.7 Å². The molecule has 10 heteroatoms. The van der Waals surface area contributed by atoms with Crippen LogP contribution in [0.2, 0.25) is 0 Å². The Morgan fingerprint density at radius 1 is 1.05 bits per heavy atom. The monoisotopic (exact) mass is 536 g/mol. The van der Waals surface area contributed by atoms with Gasteiger partial charge in [-0.2, -0.15) is 10.4 Å². The Kier molecular flexibility index (Phi) is 6.90. The second-order valence-corrected chi connectivity index (χ2v) is 9.89. The molecule has 2 atom stereocenters. The number of hydrogen-bond acceptors (Lipinski definition) is 7. The molecule has 40 heavy (non-hydrogen) atoms. The van der Waals surface area contributed by atoms with Gasteiger partial charge in [-0.3, -0.25) is 14.9 Å². The van der Waals surface area contributed by atoms with Gasteiger partial charge in [-0.15, -0.1) is 0 Å². The van der Waals surface area contributed by atoms with Crippen molar-refractivity contribution in [3.05, 3.63) is 84.1 Å². The number of ether oxygens (including phenoxy) is 2. The molecule has 3 heterocycles. The molecule has 2 aliphatic rings. The average molecular weight is 537 g/mol. The fraction of sp³-hybridized carbons (Fsp3) is 0.267. The molecule has 1 aromatic heterocycles. The molecule has 2 unspecified atom stereocenters. The SMILES string of the molecule is CC(NC1COC1)C(=O)NC1COc2ccccc2N(Cc2nn(-c3ccccc3C#N)c3ccccc23)C1=O. The molecule has 1 saturated heterocycles. The Labute approximate surface area is 231 Å². The van der Waals surface area contributed by atoms with E-state index >= 15 is 0 Å². The summed E-state index contributed by atoms with van der Waals surface area (Å²) in [7, 11) is 0. The van der Waals surface area contributed by atoms with Gasteiger partial charge in [0.05, 0.1) is 60.0 Å². The lowest BCUT2D eigenvalue weighted by Crippen LogP contribution is -2.58. The zero-order chi connectivity index (χ0) is 27.6. The minimum atomic E-state index is -0.894. The summed E-state index contributed by atoms with van der Waals surface area (Å²) in [5, 5.41) is 21.5. The van der Waals surface area contributed by atoms with Crippen LogP contribution in [0, 0.1) is 11.3 Å². The normalized spacial score (nSPS) is 17.8. The molecule has 0 spiro atoms. The predicted octanol–water partition coefficient (Wildman–Crippen LogP) is 2.68. The molecule has 2 N–H and O–H groups in total. The van der Waals surface area contributed by atoms with Gasteiger partial charge in [-0.05, 0) is 37.3 Å². The number of para-hydroxylation sites is 4. The molecule has 2 aliphatic heterocycles. The number of nitrogens with one attached hydrogen (secondary N) is 2. The van der Waals surface area contributed by atoms with Crippen molar-refractivity contribution < 1.29 is 19.1 Å². The van der Waals surface area contributed by atoms with E-state index in [0.29, 0.717) is 41.6 Å². The van der Waals surface area contributed by atoms with Crippen LogP contribution in [0.25, 0.3) is 16.6 Å². The number of carbonyl (C=O) groups excluding carboxylic acids is 2. The van der Waals surface area contributed by atoms with Crippen molar-refractivity contribution >= 4 is 28.4 Å². The molecule has 2 amide bonds. The van der Waals surface area contributed by atoms with Crippen LogP contribution in [-0.2, 0) is 20.9 Å². The first kappa shape index (κ1) is 25.6. The lowest BCUT2D eigenvalue weighted by atomic mass is 10.1. The molecular formula is C30H28N6O4. The number of nitrogens with zero attached hydrogens (tertiary/aromatic N) is 4. The Morgan fingerprint density at radius 2 is 1.77 bits per heavy atom. The third kappa shape index (κ3) is 4.77. The van der Waals surface area contributed by atoms with Crippen LogP contribution in [0.1, 0.15) is 18.2 Å². The van der Waals surface area contributed by atoms with Crippen LogP contribution < -0.4 is 20.3 Å². The van der Waals surface area contributed by atoms with Crippen molar-refractivity contribution in [3.63, 3.8) is 0 Å². The van der Waals surface area contributed by atoms with E-state index in [1.165, 1.54) is 0 Å². The fourth-order valence-electron chi connectivity index (χ4n) is 5.01. The zero-order valence-electron chi connectivity index (χ0n) is 21.9. The average Bonchev–Trinajstić information content (AvgIpc) is 3.27. The summed E-state index contributed by atoms with van der Waals surface area (Å²) >= 11 is 0. The van der Waals surface area contributed by atoms with Gasteiger partial charge in [0.25, 0.3) is 5.91 Å². The topological polar surface area (TPSA) is 122 Å². The summed E-state index contributed by atoms with van der Waals surface area (Å²) in [5.41, 5.74) is 3.21. The largest absolute Gasteiger partial charge is 0.489 e. The number of rotatable bonds is 7. The summed E-state index contributed by atoms with van der Waals surface area (Å²) in [6.45, 7) is 3.03. The number of hydrogen-bond donors (Lipinski definition) is 2. The Balaban J connectivity index is 1.34. The lowest BCUT2D eigenvalue weighted by Gasteiger charge is -2.30. The molecule has 1 fully saturated rings. The molecule has 0 aliphatic carbocycles. The van der Waals surface area contributed by atoms with Gasteiger partial charge in [-0.25, -0.2) is 4.68 Å². The zero-order valence-corrected chi connectivity index (χ0v) is 21.9. The van der Waals surface area contributed by atoms with Gasteiger partial charge in [0.1, 0.15) is 24.5 Å². The highest BCUT2D eigenvalue weighted by Gasteiger charge is 2.35. The highest BCUT2D eigenvalue weighted by Crippen LogP contribution is 2.34. The standard InChI is InChI=1S/C30H28N6O4/c1-19(32-21-16-39-17-21)29(37)33-24-18-40-28-13-7-6-12-27(28)35(30(24)38)15-23-22-9-3-5-11-26(22)36(34-23)25-10-4-2-8-20(25)14-31/h2-13,19,21,24,32H,15-18H2,1H3,(H,33,37). The van der Waals surface area contributed by atoms with Crippen LogP contribution in [0.3, 0.4) is 0 Å². The first-order valence-electron chi connectivity index (χ1n) is 13.2. The maximum absolute atomic E-state index is 14.0. The van der Waals surface area contributed by atoms with Crippen LogP contribution in [0.5, 0.6) is 5.75 Å². The maximum atomic E-state index is 14.0. The number of anilines is 1. The smallest absolute Gasteiger partial charge is 0.253 e.